The Morgan fingerprint density at radius 1 is 1.33 bits per heavy atom. The summed E-state index contributed by atoms with van der Waals surface area (Å²) >= 11 is 0. The van der Waals surface area contributed by atoms with Crippen LogP contribution in [-0.4, -0.2) is 6.71 Å². The quantitative estimate of drug-likeness (QED) is 0.494. The minimum Gasteiger partial charge on any atom is -0.0819 e. The van der Waals surface area contributed by atoms with Crippen LogP contribution in [0.5, 0.6) is 0 Å². The number of hydrogen-bond acceptors (Lipinski definition) is 0. The van der Waals surface area contributed by atoms with E-state index < -0.39 is 0 Å². The molecule has 0 aliphatic rings. The van der Waals surface area contributed by atoms with Crippen LogP contribution in [0.3, 0.4) is 0 Å². The van der Waals surface area contributed by atoms with Crippen LogP contribution in [0.15, 0.2) is 30.3 Å². The number of benzene rings is 1. The lowest BCUT2D eigenvalue weighted by Gasteiger charge is -1.98. The van der Waals surface area contributed by atoms with Crippen LogP contribution in [0, 0.1) is 0 Å². The molecule has 0 aromatic heterocycles. The highest BCUT2D eigenvalue weighted by atomic mass is 13.8. The first kappa shape index (κ1) is 5.10. The fourth-order valence-electron chi connectivity index (χ4n) is 0.766. The van der Waals surface area contributed by atoms with Gasteiger partial charge in [-0.3, -0.25) is 0 Å². The normalized spacial score (nSPS) is 10.7. The maximum atomic E-state index is 7.33. The molecule has 46 valence electrons. The van der Waals surface area contributed by atoms with Crippen molar-refractivity contribution in [3.8, 4) is 0 Å². The fraction of sp³-hybridized carbons (Fsp3) is 0.250. The largest absolute Gasteiger partial charge is 0.169 e. The Labute approximate surface area is 58.4 Å². The summed E-state index contributed by atoms with van der Waals surface area (Å²) in [6.45, 7) is 4.80. The molecule has 0 saturated carbocycles. The Kier molecular flexibility index (Phi) is 1.54. The zero-order valence-corrected chi connectivity index (χ0v) is 5.89. The first-order valence-corrected chi connectivity index (χ1v) is 3.26. The third-order valence-corrected chi connectivity index (χ3v) is 1.40. The van der Waals surface area contributed by atoms with Crippen LogP contribution >= 0.6 is 0 Å². The van der Waals surface area contributed by atoms with E-state index >= 15 is 0 Å². The summed E-state index contributed by atoms with van der Waals surface area (Å²) in [5.41, 5.74) is 1.24. The summed E-state index contributed by atoms with van der Waals surface area (Å²) in [4.78, 5) is 0. The van der Waals surface area contributed by atoms with E-state index in [1.165, 1.54) is 5.46 Å². The number of rotatable bonds is 1. The lowest BCUT2D eigenvalue weighted by molar-refractivity contribution is 1.74. The maximum absolute atomic E-state index is 7.33. The van der Waals surface area contributed by atoms with Gasteiger partial charge in [-0.1, -0.05) is 49.4 Å². The summed E-state index contributed by atoms with van der Waals surface area (Å²) < 4.78 is 7.33. The Morgan fingerprint density at radius 2 is 2.11 bits per heavy atom. The van der Waals surface area contributed by atoms with Crippen molar-refractivity contribution in [3.05, 3.63) is 30.3 Å². The molecule has 0 amide bonds. The Bertz CT molecular complexity index is 220. The molecule has 0 spiro atoms. The van der Waals surface area contributed by atoms with Crippen LogP contribution < -0.4 is 5.46 Å². The summed E-state index contributed by atoms with van der Waals surface area (Å²) in [5, 5.41) is 0. The zero-order valence-electron chi connectivity index (χ0n) is 6.89. The van der Waals surface area contributed by atoms with Gasteiger partial charge in [0.15, 0.2) is 6.71 Å². The molecule has 0 bridgehead atoms. The van der Waals surface area contributed by atoms with Crippen LogP contribution in [0.1, 0.15) is 1.37 Å². The fourth-order valence-corrected chi connectivity index (χ4v) is 0.766. The molecular weight excluding hydrogens is 107 g/mol. The highest BCUT2D eigenvalue weighted by Gasteiger charge is 1.98. The first-order chi connectivity index (χ1) is 4.70. The predicted octanol–water partition coefficient (Wildman–Crippen LogP) is 1.65. The van der Waals surface area contributed by atoms with Gasteiger partial charge in [-0.15, -0.1) is 0 Å². The monoisotopic (exact) mass is 120 g/mol. The van der Waals surface area contributed by atoms with E-state index in [-0.39, 0.29) is 0 Å². The molecule has 1 aromatic carbocycles. The molecule has 0 atom stereocenters. The average Bonchev–Trinajstić information content (AvgIpc) is 1.88. The highest BCUT2D eigenvalue weighted by molar-refractivity contribution is 6.70. The van der Waals surface area contributed by atoms with E-state index in [1.54, 1.807) is 6.07 Å². The second kappa shape index (κ2) is 2.72. The number of hydrogen-bond donors (Lipinski definition) is 0. The van der Waals surface area contributed by atoms with Crippen molar-refractivity contribution in [2.24, 2.45) is 0 Å². The Hall–Kier alpha value is -0.715. The maximum Gasteiger partial charge on any atom is 0.169 e. The molecular formula is C8H11B. The third-order valence-electron chi connectivity index (χ3n) is 1.40. The smallest absolute Gasteiger partial charge is 0.0819 e. The van der Waals surface area contributed by atoms with Crippen molar-refractivity contribution in [2.75, 3.05) is 0 Å². The highest BCUT2D eigenvalue weighted by Crippen LogP contribution is 1.85. The van der Waals surface area contributed by atoms with E-state index in [0.717, 1.165) is 0 Å². The van der Waals surface area contributed by atoms with Crippen molar-refractivity contribution in [1.82, 2.24) is 0 Å². The molecule has 1 aromatic rings. The minimum atomic E-state index is 0.533. The third kappa shape index (κ3) is 1.60. The summed E-state index contributed by atoms with van der Waals surface area (Å²) in [6, 6.07) is 8.29. The van der Waals surface area contributed by atoms with Gasteiger partial charge in [0.25, 0.3) is 0 Å². The molecule has 0 N–H and O–H groups in total. The second-order valence-electron chi connectivity index (χ2n) is 2.49. The van der Waals surface area contributed by atoms with E-state index in [1.807, 2.05) is 12.1 Å². The second-order valence-corrected chi connectivity index (χ2v) is 2.49. The van der Waals surface area contributed by atoms with Gasteiger partial charge in [-0.2, -0.15) is 0 Å². The molecule has 0 fully saturated rings. The van der Waals surface area contributed by atoms with Crippen LogP contribution in [0.2, 0.25) is 13.6 Å². The standard InChI is InChI=1S/C8H11B/c1-9(2)8-6-4-3-5-7-8/h3-7H,1-2H3/i4T. The molecule has 0 nitrogen and oxygen atoms in total. The molecule has 9 heavy (non-hydrogen) atoms. The SMILES string of the molecule is [3H]c1cccc(B(C)C)c1. The van der Waals surface area contributed by atoms with Crippen LogP contribution in [-0.2, 0) is 0 Å². The molecule has 1 heteroatoms. The van der Waals surface area contributed by atoms with E-state index in [2.05, 4.69) is 19.7 Å². The Morgan fingerprint density at radius 3 is 2.56 bits per heavy atom. The molecule has 0 saturated heterocycles. The van der Waals surface area contributed by atoms with E-state index in [4.69, 9.17) is 1.37 Å². The minimum absolute atomic E-state index is 0.533. The van der Waals surface area contributed by atoms with Gasteiger partial charge < -0.3 is 0 Å². The van der Waals surface area contributed by atoms with E-state index in [0.29, 0.717) is 12.8 Å². The van der Waals surface area contributed by atoms with Gasteiger partial charge in [-0.25, -0.2) is 0 Å². The zero-order chi connectivity index (χ0) is 7.56. The average molecular weight is 120 g/mol. The van der Waals surface area contributed by atoms with Gasteiger partial charge in [0.1, 0.15) is 0 Å². The van der Waals surface area contributed by atoms with Crippen molar-refractivity contribution < 1.29 is 1.37 Å². The molecule has 1 rings (SSSR count). The summed E-state index contributed by atoms with van der Waals surface area (Å²) in [7, 11) is 0. The lowest BCUT2D eigenvalue weighted by atomic mass is 9.49. The van der Waals surface area contributed by atoms with Gasteiger partial charge >= 0.3 is 0 Å². The Balaban J connectivity index is 2.96. The van der Waals surface area contributed by atoms with Gasteiger partial charge in [-0.05, 0) is 0 Å². The lowest BCUT2D eigenvalue weighted by Crippen LogP contribution is -2.21. The van der Waals surface area contributed by atoms with Crippen molar-refractivity contribution in [1.29, 1.82) is 0 Å². The molecule has 0 aliphatic carbocycles. The summed E-state index contributed by atoms with van der Waals surface area (Å²) in [6.07, 6.45) is 0. The predicted molar refractivity (Wildman–Crippen MR) is 43.6 cm³/mol. The van der Waals surface area contributed by atoms with Gasteiger partial charge in [0.05, 0.1) is 1.37 Å². The van der Waals surface area contributed by atoms with Crippen LogP contribution in [0.25, 0.3) is 0 Å². The van der Waals surface area contributed by atoms with Gasteiger partial charge in [0, 0.05) is 0 Å². The molecule has 0 unspecified atom stereocenters. The first-order valence-electron chi connectivity index (χ1n) is 3.76. The topological polar surface area (TPSA) is 0 Å². The van der Waals surface area contributed by atoms with Crippen LogP contribution in [0.4, 0.5) is 0 Å². The van der Waals surface area contributed by atoms with Crippen molar-refractivity contribution >= 4 is 12.2 Å². The molecule has 0 aliphatic heterocycles. The van der Waals surface area contributed by atoms with Crippen molar-refractivity contribution in [2.45, 2.75) is 13.6 Å². The molecule has 0 heterocycles. The van der Waals surface area contributed by atoms with Crippen molar-refractivity contribution in [3.63, 3.8) is 0 Å². The van der Waals surface area contributed by atoms with Gasteiger partial charge in [0.2, 0.25) is 0 Å². The van der Waals surface area contributed by atoms with E-state index in [9.17, 15) is 0 Å². The molecule has 0 radical (unpaired) electrons. The summed E-state index contributed by atoms with van der Waals surface area (Å²) in [5.74, 6) is 0.